The molecule has 1 aromatic rings. The first-order valence-corrected chi connectivity index (χ1v) is 7.09. The number of alkyl halides is 3. The van der Waals surface area contributed by atoms with Crippen molar-refractivity contribution in [2.24, 2.45) is 11.8 Å². The topological polar surface area (TPSA) is 55.1 Å². The van der Waals surface area contributed by atoms with Crippen LogP contribution in [0.2, 0.25) is 5.02 Å². The summed E-state index contributed by atoms with van der Waals surface area (Å²) >= 11 is 5.74. The third-order valence-corrected chi connectivity index (χ3v) is 4.03. The van der Waals surface area contributed by atoms with Gasteiger partial charge in [0, 0.05) is 10.9 Å². The van der Waals surface area contributed by atoms with Gasteiger partial charge in [-0.05, 0) is 31.0 Å². The van der Waals surface area contributed by atoms with E-state index >= 15 is 0 Å². The predicted molar refractivity (Wildman–Crippen MR) is 76.0 cm³/mol. The molecule has 0 aromatic heterocycles. The Kier molecular flexibility index (Phi) is 4.66. The Labute approximate surface area is 125 Å². The summed E-state index contributed by atoms with van der Waals surface area (Å²) in [6.07, 6.45) is -2.99. The quantitative estimate of drug-likeness (QED) is 0.801. The molecule has 1 fully saturated rings. The van der Waals surface area contributed by atoms with Gasteiger partial charge in [-0.15, -0.1) is 0 Å². The first-order valence-electron chi connectivity index (χ1n) is 6.71. The molecule has 1 saturated carbocycles. The Morgan fingerprint density at radius 3 is 2.57 bits per heavy atom. The van der Waals surface area contributed by atoms with Crippen LogP contribution in [0.25, 0.3) is 0 Å². The van der Waals surface area contributed by atoms with Crippen molar-refractivity contribution in [3.63, 3.8) is 0 Å². The van der Waals surface area contributed by atoms with Gasteiger partial charge in [0.2, 0.25) is 5.91 Å². The van der Waals surface area contributed by atoms with Gasteiger partial charge < -0.3 is 11.1 Å². The summed E-state index contributed by atoms with van der Waals surface area (Å²) in [5.74, 6) is -3.28. The number of rotatable bonds is 2. The molecule has 1 aromatic carbocycles. The Morgan fingerprint density at radius 1 is 1.29 bits per heavy atom. The Bertz CT molecular complexity index is 533. The van der Waals surface area contributed by atoms with Gasteiger partial charge in [-0.1, -0.05) is 24.4 Å². The Balaban J connectivity index is 2.14. The van der Waals surface area contributed by atoms with E-state index in [9.17, 15) is 18.0 Å². The zero-order valence-electron chi connectivity index (χ0n) is 11.2. The minimum atomic E-state index is -4.35. The molecule has 2 rings (SSSR count). The number of carbonyl (C=O) groups is 1. The smallest absolute Gasteiger partial charge is 0.392 e. The number of nitrogens with one attached hydrogen (secondary N) is 1. The molecule has 7 heteroatoms. The van der Waals surface area contributed by atoms with Gasteiger partial charge >= 0.3 is 6.18 Å². The van der Waals surface area contributed by atoms with E-state index in [4.69, 9.17) is 17.3 Å². The summed E-state index contributed by atoms with van der Waals surface area (Å²) in [6.45, 7) is 0. The van der Waals surface area contributed by atoms with Crippen LogP contribution in [0, 0.1) is 11.8 Å². The first-order chi connectivity index (χ1) is 9.79. The van der Waals surface area contributed by atoms with Crippen molar-refractivity contribution in [3.8, 4) is 0 Å². The molecule has 1 aliphatic carbocycles. The molecular weight excluding hydrogens is 305 g/mol. The largest absolute Gasteiger partial charge is 0.397 e. The summed E-state index contributed by atoms with van der Waals surface area (Å²) in [7, 11) is 0. The van der Waals surface area contributed by atoms with E-state index in [1.807, 2.05) is 0 Å². The summed E-state index contributed by atoms with van der Waals surface area (Å²) in [5, 5.41) is 2.89. The summed E-state index contributed by atoms with van der Waals surface area (Å²) in [6, 6.07) is 4.45. The fourth-order valence-electron chi connectivity index (χ4n) is 2.71. The zero-order valence-corrected chi connectivity index (χ0v) is 12.0. The number of anilines is 2. The van der Waals surface area contributed by atoms with Crippen LogP contribution in [0.4, 0.5) is 24.5 Å². The normalized spacial score (nSPS) is 22.9. The fraction of sp³-hybridized carbons (Fsp3) is 0.500. The molecule has 0 heterocycles. The molecule has 3 N–H and O–H groups in total. The average Bonchev–Trinajstić information content (AvgIpc) is 2.41. The molecule has 1 aliphatic rings. The highest BCUT2D eigenvalue weighted by Crippen LogP contribution is 2.42. The highest BCUT2D eigenvalue weighted by molar-refractivity contribution is 6.31. The van der Waals surface area contributed by atoms with Gasteiger partial charge in [0.1, 0.15) is 0 Å². The van der Waals surface area contributed by atoms with E-state index in [1.54, 1.807) is 0 Å². The van der Waals surface area contributed by atoms with Crippen LogP contribution >= 0.6 is 11.6 Å². The van der Waals surface area contributed by atoms with Gasteiger partial charge in [-0.3, -0.25) is 4.79 Å². The molecule has 2 atom stereocenters. The summed E-state index contributed by atoms with van der Waals surface area (Å²) in [4.78, 5) is 12.2. The molecule has 116 valence electrons. The molecular formula is C14H16ClF3N2O. The van der Waals surface area contributed by atoms with Crippen molar-refractivity contribution in [2.45, 2.75) is 31.9 Å². The number of halogens is 4. The molecule has 1 amide bonds. The maximum atomic E-state index is 13.0. The lowest BCUT2D eigenvalue weighted by Crippen LogP contribution is -2.39. The van der Waals surface area contributed by atoms with Crippen molar-refractivity contribution in [1.29, 1.82) is 0 Å². The lowest BCUT2D eigenvalue weighted by molar-refractivity contribution is -0.197. The lowest BCUT2D eigenvalue weighted by Gasteiger charge is -2.32. The van der Waals surface area contributed by atoms with Crippen LogP contribution in [-0.4, -0.2) is 12.1 Å². The molecule has 21 heavy (non-hydrogen) atoms. The van der Waals surface area contributed by atoms with Gasteiger partial charge in [-0.2, -0.15) is 13.2 Å². The van der Waals surface area contributed by atoms with Crippen molar-refractivity contribution >= 4 is 28.9 Å². The first kappa shape index (κ1) is 15.9. The van der Waals surface area contributed by atoms with E-state index in [-0.39, 0.29) is 24.2 Å². The Morgan fingerprint density at radius 2 is 1.95 bits per heavy atom. The number of amides is 1. The van der Waals surface area contributed by atoms with Crippen molar-refractivity contribution in [3.05, 3.63) is 23.2 Å². The maximum absolute atomic E-state index is 13.0. The van der Waals surface area contributed by atoms with Crippen LogP contribution in [0.1, 0.15) is 25.7 Å². The number of nitrogens with two attached hydrogens (primary N) is 1. The number of hydrogen-bond acceptors (Lipinski definition) is 2. The van der Waals surface area contributed by atoms with Crippen molar-refractivity contribution in [2.75, 3.05) is 11.1 Å². The van der Waals surface area contributed by atoms with Gasteiger partial charge in [0.15, 0.2) is 0 Å². The second-order valence-electron chi connectivity index (χ2n) is 5.26. The monoisotopic (exact) mass is 320 g/mol. The number of carbonyl (C=O) groups excluding carboxylic acids is 1. The predicted octanol–water partition coefficient (Wildman–Crippen LogP) is 4.23. The molecule has 0 radical (unpaired) electrons. The minimum absolute atomic E-state index is 0.00229. The molecule has 0 aliphatic heterocycles. The highest BCUT2D eigenvalue weighted by atomic mass is 35.5. The molecule has 2 unspecified atom stereocenters. The number of benzene rings is 1. The third kappa shape index (κ3) is 3.81. The standard InChI is InChI=1S/C14H16ClF3N2O/c15-8-5-6-12(11(19)7-8)20-13(21)9-3-1-2-4-10(9)14(16,17)18/h5-7,9-10H,1-4,19H2,(H,20,21). The van der Waals surface area contributed by atoms with E-state index in [2.05, 4.69) is 5.32 Å². The van der Waals surface area contributed by atoms with Crippen LogP contribution in [0.5, 0.6) is 0 Å². The molecule has 0 saturated heterocycles. The molecule has 0 spiro atoms. The second-order valence-corrected chi connectivity index (χ2v) is 5.70. The maximum Gasteiger partial charge on any atom is 0.392 e. The van der Waals surface area contributed by atoms with Gasteiger partial charge in [0.05, 0.1) is 17.3 Å². The van der Waals surface area contributed by atoms with E-state index in [0.717, 1.165) is 0 Å². The number of hydrogen-bond donors (Lipinski definition) is 2. The lowest BCUT2D eigenvalue weighted by atomic mass is 9.78. The average molecular weight is 321 g/mol. The fourth-order valence-corrected chi connectivity index (χ4v) is 2.89. The number of nitrogen functional groups attached to an aromatic ring is 1. The van der Waals surface area contributed by atoms with Crippen molar-refractivity contribution in [1.82, 2.24) is 0 Å². The summed E-state index contributed by atoms with van der Waals surface area (Å²) < 4.78 is 39.0. The molecule has 0 bridgehead atoms. The Hall–Kier alpha value is -1.43. The van der Waals surface area contributed by atoms with Crippen LogP contribution in [-0.2, 0) is 4.79 Å². The minimum Gasteiger partial charge on any atom is -0.397 e. The van der Waals surface area contributed by atoms with Gasteiger partial charge in [-0.25, -0.2) is 0 Å². The van der Waals surface area contributed by atoms with Gasteiger partial charge in [0.25, 0.3) is 0 Å². The van der Waals surface area contributed by atoms with Crippen LogP contribution in [0.3, 0.4) is 0 Å². The highest BCUT2D eigenvalue weighted by Gasteiger charge is 2.48. The second kappa shape index (κ2) is 6.13. The summed E-state index contributed by atoms with van der Waals surface area (Å²) in [5.41, 5.74) is 6.22. The van der Waals surface area contributed by atoms with Crippen LogP contribution < -0.4 is 11.1 Å². The zero-order chi connectivity index (χ0) is 15.6. The third-order valence-electron chi connectivity index (χ3n) is 3.79. The van der Waals surface area contributed by atoms with Crippen LogP contribution in [0.15, 0.2) is 18.2 Å². The van der Waals surface area contributed by atoms with E-state index < -0.39 is 23.9 Å². The van der Waals surface area contributed by atoms with Crippen molar-refractivity contribution < 1.29 is 18.0 Å². The molecule has 3 nitrogen and oxygen atoms in total. The van der Waals surface area contributed by atoms with E-state index in [1.165, 1.54) is 18.2 Å². The SMILES string of the molecule is Nc1cc(Cl)ccc1NC(=O)C1CCCCC1C(F)(F)F. The van der Waals surface area contributed by atoms with E-state index in [0.29, 0.717) is 17.9 Å².